The number of amides is 1. The second kappa shape index (κ2) is 10.4. The number of nitrogens with one attached hydrogen (secondary N) is 2. The first kappa shape index (κ1) is 21.5. The number of hydrogen-bond donors (Lipinski definition) is 2. The van der Waals surface area contributed by atoms with Crippen molar-refractivity contribution in [3.8, 4) is 0 Å². The summed E-state index contributed by atoms with van der Waals surface area (Å²) in [5.41, 5.74) is -0.896. The van der Waals surface area contributed by atoms with Crippen molar-refractivity contribution in [2.45, 2.75) is 39.0 Å². The van der Waals surface area contributed by atoms with Crippen LogP contribution in [0.15, 0.2) is 40.5 Å². The molecule has 2 rings (SSSR count). The second-order valence-electron chi connectivity index (χ2n) is 5.78. The molecule has 1 aliphatic carbocycles. The molecule has 0 aliphatic heterocycles. The monoisotopic (exact) mass is 372 g/mol. The number of carbonyl (C=O) groups is 1. The van der Waals surface area contributed by atoms with E-state index in [0.29, 0.717) is 6.08 Å². The SMILES string of the molecule is C1CC1.C=C(F)/C(CCCNC(=O)c1nn(C)c(=O)[nH]1)=C(F)\C=C(/C)F. The Balaban J connectivity index is 0.00000101. The Labute approximate surface area is 149 Å². The summed E-state index contributed by atoms with van der Waals surface area (Å²) in [6, 6.07) is 0. The highest BCUT2D eigenvalue weighted by Crippen LogP contribution is 2.23. The van der Waals surface area contributed by atoms with Gasteiger partial charge in [0.15, 0.2) is 0 Å². The Bertz CT molecular complexity index is 754. The lowest BCUT2D eigenvalue weighted by Gasteiger charge is -2.06. The molecule has 0 saturated heterocycles. The minimum atomic E-state index is -1.04. The molecule has 1 aromatic rings. The minimum absolute atomic E-state index is 0.0794. The summed E-state index contributed by atoms with van der Waals surface area (Å²) in [7, 11) is 1.38. The van der Waals surface area contributed by atoms with Gasteiger partial charge in [0.25, 0.3) is 5.91 Å². The number of halogens is 3. The lowest BCUT2D eigenvalue weighted by molar-refractivity contribution is 0.0942. The molecule has 26 heavy (non-hydrogen) atoms. The Kier molecular flexibility index (Phi) is 8.60. The zero-order valence-corrected chi connectivity index (χ0v) is 14.9. The van der Waals surface area contributed by atoms with Gasteiger partial charge in [0.05, 0.1) is 5.83 Å². The van der Waals surface area contributed by atoms with E-state index in [1.54, 1.807) is 0 Å². The molecule has 1 aliphatic rings. The summed E-state index contributed by atoms with van der Waals surface area (Å²) < 4.78 is 40.4. The molecule has 0 atom stereocenters. The first-order chi connectivity index (χ1) is 12.2. The fraction of sp³-hybridized carbons (Fsp3) is 0.471. The van der Waals surface area contributed by atoms with Crippen LogP contribution in [0.2, 0.25) is 0 Å². The summed E-state index contributed by atoms with van der Waals surface area (Å²) in [6.07, 6.45) is 5.18. The maximum Gasteiger partial charge on any atom is 0.343 e. The molecule has 6 nitrogen and oxygen atoms in total. The number of nitrogens with zero attached hydrogens (tertiary/aromatic N) is 2. The van der Waals surface area contributed by atoms with Crippen LogP contribution in [0.3, 0.4) is 0 Å². The van der Waals surface area contributed by atoms with Gasteiger partial charge in [-0.05, 0) is 19.8 Å². The van der Waals surface area contributed by atoms with Crippen molar-refractivity contribution < 1.29 is 18.0 Å². The maximum absolute atomic E-state index is 13.6. The summed E-state index contributed by atoms with van der Waals surface area (Å²) >= 11 is 0. The molecule has 1 aromatic heterocycles. The van der Waals surface area contributed by atoms with Crippen LogP contribution in [0.25, 0.3) is 0 Å². The second-order valence-corrected chi connectivity index (χ2v) is 5.78. The van der Waals surface area contributed by atoms with E-state index in [4.69, 9.17) is 0 Å². The number of aromatic nitrogens is 3. The van der Waals surface area contributed by atoms with Crippen LogP contribution < -0.4 is 11.0 Å². The predicted molar refractivity (Wildman–Crippen MR) is 92.5 cm³/mol. The van der Waals surface area contributed by atoms with Gasteiger partial charge in [-0.2, -0.15) is 0 Å². The third kappa shape index (κ3) is 8.00. The summed E-state index contributed by atoms with van der Waals surface area (Å²) in [5.74, 6) is -3.62. The van der Waals surface area contributed by atoms with Gasteiger partial charge in [0.2, 0.25) is 5.82 Å². The van der Waals surface area contributed by atoms with Crippen molar-refractivity contribution in [3.63, 3.8) is 0 Å². The molecule has 2 N–H and O–H groups in total. The highest BCUT2D eigenvalue weighted by molar-refractivity contribution is 5.90. The number of carbonyl (C=O) groups excluding carboxylic acids is 1. The highest BCUT2D eigenvalue weighted by Gasteiger charge is 2.12. The van der Waals surface area contributed by atoms with Crippen molar-refractivity contribution in [3.05, 3.63) is 52.0 Å². The van der Waals surface area contributed by atoms with Crippen LogP contribution in [-0.4, -0.2) is 27.2 Å². The van der Waals surface area contributed by atoms with E-state index < -0.39 is 29.1 Å². The molecule has 1 heterocycles. The van der Waals surface area contributed by atoms with Crippen molar-refractivity contribution in [1.29, 1.82) is 0 Å². The first-order valence-corrected chi connectivity index (χ1v) is 8.21. The molecular weight excluding hydrogens is 349 g/mol. The normalized spacial score (nSPS) is 14.1. The molecule has 0 unspecified atom stereocenters. The number of hydrogen-bond acceptors (Lipinski definition) is 3. The fourth-order valence-corrected chi connectivity index (χ4v) is 1.70. The molecule has 0 aromatic carbocycles. The van der Waals surface area contributed by atoms with Crippen molar-refractivity contribution in [2.75, 3.05) is 6.54 Å². The van der Waals surface area contributed by atoms with E-state index in [1.807, 2.05) is 0 Å². The molecule has 9 heteroatoms. The standard InChI is InChI=1S/C14H17F3N4O2.C3H6/c1-8(15)7-11(17)10(9(2)16)5-4-6-18-13(22)12-19-14(23)21(3)20-12;1-2-3-1/h7H,2,4-6H2,1,3H3,(H,18,22)(H,19,20,23);1-3H2/b8-7+,11-10+;. The van der Waals surface area contributed by atoms with Crippen LogP contribution in [-0.2, 0) is 7.05 Å². The van der Waals surface area contributed by atoms with Gasteiger partial charge in [-0.1, -0.05) is 25.8 Å². The molecule has 144 valence electrons. The number of H-pyrrole nitrogens is 1. The Morgan fingerprint density at radius 3 is 2.38 bits per heavy atom. The van der Waals surface area contributed by atoms with Crippen LogP contribution in [0.5, 0.6) is 0 Å². The van der Waals surface area contributed by atoms with Gasteiger partial charge >= 0.3 is 5.69 Å². The lowest BCUT2D eigenvalue weighted by atomic mass is 10.1. The molecule has 1 saturated carbocycles. The Hall–Kier alpha value is -2.58. The van der Waals surface area contributed by atoms with Gasteiger partial charge in [-0.3, -0.25) is 9.78 Å². The van der Waals surface area contributed by atoms with E-state index in [1.165, 1.54) is 26.3 Å². The quantitative estimate of drug-likeness (QED) is 0.569. The third-order valence-electron chi connectivity index (χ3n) is 3.17. The highest BCUT2D eigenvalue weighted by atomic mass is 19.1. The van der Waals surface area contributed by atoms with Gasteiger partial charge in [0, 0.05) is 25.2 Å². The molecular formula is C17H23F3N4O2. The zero-order chi connectivity index (χ0) is 19.7. The molecule has 0 bridgehead atoms. The van der Waals surface area contributed by atoms with E-state index in [-0.39, 0.29) is 30.8 Å². The minimum Gasteiger partial charge on any atom is -0.349 e. The van der Waals surface area contributed by atoms with Gasteiger partial charge < -0.3 is 5.32 Å². The maximum atomic E-state index is 13.6. The van der Waals surface area contributed by atoms with E-state index in [9.17, 15) is 22.8 Å². The summed E-state index contributed by atoms with van der Waals surface area (Å²) in [4.78, 5) is 25.0. The summed E-state index contributed by atoms with van der Waals surface area (Å²) in [6.45, 7) is 4.12. The smallest absolute Gasteiger partial charge is 0.343 e. The average Bonchev–Trinajstić information content (AvgIpc) is 3.37. The van der Waals surface area contributed by atoms with E-state index in [0.717, 1.165) is 11.6 Å². The lowest BCUT2D eigenvalue weighted by Crippen LogP contribution is -2.26. The van der Waals surface area contributed by atoms with Gasteiger partial charge in [-0.25, -0.2) is 22.6 Å². The molecule has 0 radical (unpaired) electrons. The third-order valence-corrected chi connectivity index (χ3v) is 3.17. The van der Waals surface area contributed by atoms with Crippen LogP contribution in [0.1, 0.15) is 49.6 Å². The van der Waals surface area contributed by atoms with Crippen LogP contribution >= 0.6 is 0 Å². The largest absolute Gasteiger partial charge is 0.349 e. The number of rotatable bonds is 7. The van der Waals surface area contributed by atoms with Crippen molar-refractivity contribution in [1.82, 2.24) is 20.1 Å². The molecule has 1 amide bonds. The molecule has 1 fully saturated rings. The number of aromatic amines is 1. The number of allylic oxidation sites excluding steroid dienone is 5. The van der Waals surface area contributed by atoms with Crippen LogP contribution in [0.4, 0.5) is 13.2 Å². The average molecular weight is 372 g/mol. The van der Waals surface area contributed by atoms with Crippen LogP contribution in [0, 0.1) is 0 Å². The predicted octanol–water partition coefficient (Wildman–Crippen LogP) is 3.37. The Morgan fingerprint density at radius 2 is 1.96 bits per heavy atom. The van der Waals surface area contributed by atoms with Crippen molar-refractivity contribution in [2.24, 2.45) is 7.05 Å². The fourth-order valence-electron chi connectivity index (χ4n) is 1.70. The van der Waals surface area contributed by atoms with E-state index in [2.05, 4.69) is 22.0 Å². The van der Waals surface area contributed by atoms with Crippen molar-refractivity contribution >= 4 is 5.91 Å². The number of aryl methyl sites for hydroxylation is 1. The van der Waals surface area contributed by atoms with Gasteiger partial charge in [0.1, 0.15) is 11.7 Å². The topological polar surface area (TPSA) is 79.8 Å². The van der Waals surface area contributed by atoms with Gasteiger partial charge in [-0.15, -0.1) is 5.10 Å². The first-order valence-electron chi connectivity index (χ1n) is 8.21. The molecule has 0 spiro atoms. The summed E-state index contributed by atoms with van der Waals surface area (Å²) in [5, 5.41) is 6.10. The Morgan fingerprint density at radius 1 is 1.35 bits per heavy atom. The van der Waals surface area contributed by atoms with E-state index >= 15 is 0 Å². The zero-order valence-electron chi connectivity index (χ0n) is 14.9.